The van der Waals surface area contributed by atoms with Crippen LogP contribution < -0.4 is 0 Å². The quantitative estimate of drug-likeness (QED) is 0.418. The largest absolute Gasteiger partial charge is 0.348 e. The molecule has 0 saturated carbocycles. The number of carbonyl (C=O) groups is 2. The Hall–Kier alpha value is -3.40. The average molecular weight is 473 g/mol. The number of likely N-dealkylation sites (N-methyl/N-ethyl adjacent to an activating group) is 1. The van der Waals surface area contributed by atoms with Crippen LogP contribution >= 0.6 is 0 Å². The van der Waals surface area contributed by atoms with Crippen LogP contribution in [-0.2, 0) is 16.1 Å². The summed E-state index contributed by atoms with van der Waals surface area (Å²) in [4.78, 5) is 28.3. The summed E-state index contributed by atoms with van der Waals surface area (Å²) in [5.41, 5.74) is 2.92. The van der Waals surface area contributed by atoms with Crippen LogP contribution in [0.4, 0.5) is 0 Å². The number of nitrogens with zero attached hydrogens (tertiary/aromatic N) is 2. The van der Waals surface area contributed by atoms with E-state index in [1.165, 1.54) is 5.56 Å². The first-order chi connectivity index (χ1) is 16.5. The van der Waals surface area contributed by atoms with Gasteiger partial charge in [-0.25, -0.2) is 0 Å². The van der Waals surface area contributed by atoms with Crippen LogP contribution in [0.3, 0.4) is 0 Å². The predicted molar refractivity (Wildman–Crippen MR) is 145 cm³/mol. The van der Waals surface area contributed by atoms with Crippen LogP contribution in [0.2, 0.25) is 0 Å². The van der Waals surface area contributed by atoms with E-state index in [0.717, 1.165) is 11.1 Å². The molecule has 0 N–H and O–H groups in total. The zero-order valence-corrected chi connectivity index (χ0v) is 22.2. The van der Waals surface area contributed by atoms with E-state index in [9.17, 15) is 9.59 Å². The van der Waals surface area contributed by atoms with Crippen LogP contribution in [0.1, 0.15) is 57.2 Å². The maximum absolute atomic E-state index is 12.4. The van der Waals surface area contributed by atoms with E-state index in [0.29, 0.717) is 6.54 Å². The van der Waals surface area contributed by atoms with Crippen molar-refractivity contribution in [1.82, 2.24) is 9.80 Å². The highest BCUT2D eigenvalue weighted by Crippen LogP contribution is 2.26. The summed E-state index contributed by atoms with van der Waals surface area (Å²) >= 11 is 0. The maximum atomic E-state index is 12.4. The zero-order chi connectivity index (χ0) is 26.0. The molecule has 0 unspecified atom stereocenters. The highest BCUT2D eigenvalue weighted by Gasteiger charge is 2.28. The lowest BCUT2D eigenvalue weighted by Gasteiger charge is -2.32. The monoisotopic (exact) mass is 472 g/mol. The first-order valence-electron chi connectivity index (χ1n) is 12.2. The molecule has 35 heavy (non-hydrogen) atoms. The van der Waals surface area contributed by atoms with Crippen LogP contribution in [-0.4, -0.2) is 41.8 Å². The molecular formula is C31H40N2O2. The summed E-state index contributed by atoms with van der Waals surface area (Å²) in [6.07, 6.45) is 0. The molecule has 186 valence electrons. The summed E-state index contributed by atoms with van der Waals surface area (Å²) in [5, 5.41) is 0. The van der Waals surface area contributed by atoms with Gasteiger partial charge in [0.15, 0.2) is 0 Å². The van der Waals surface area contributed by atoms with Crippen molar-refractivity contribution in [3.8, 4) is 0 Å². The van der Waals surface area contributed by atoms with E-state index in [-0.39, 0.29) is 29.2 Å². The number of hydrogen-bond donors (Lipinski definition) is 0. The first kappa shape index (κ1) is 27.8. The minimum atomic E-state index is -0.320. The molecule has 3 aromatic rings. The molecule has 0 fully saturated rings. The minimum absolute atomic E-state index is 0.104. The maximum Gasteiger partial charge on any atom is 0.234 e. The molecule has 3 aromatic carbocycles. The Bertz CT molecular complexity index is 1000. The van der Waals surface area contributed by atoms with Gasteiger partial charge in [0, 0.05) is 32.1 Å². The Labute approximate surface area is 211 Å². The summed E-state index contributed by atoms with van der Waals surface area (Å²) < 4.78 is 0. The van der Waals surface area contributed by atoms with Crippen molar-refractivity contribution < 1.29 is 9.59 Å². The zero-order valence-electron chi connectivity index (χ0n) is 22.2. The molecule has 0 bridgehead atoms. The topological polar surface area (TPSA) is 40.6 Å². The van der Waals surface area contributed by atoms with Crippen molar-refractivity contribution in [3.05, 3.63) is 108 Å². The van der Waals surface area contributed by atoms with Gasteiger partial charge in [0.2, 0.25) is 11.8 Å². The molecule has 0 heterocycles. The third-order valence-electron chi connectivity index (χ3n) is 5.68. The summed E-state index contributed by atoms with van der Waals surface area (Å²) in [7, 11) is 3.59. The molecule has 2 amide bonds. The molecule has 0 aromatic heterocycles. The second-order valence-corrected chi connectivity index (χ2v) is 10.2. The van der Waals surface area contributed by atoms with Crippen molar-refractivity contribution >= 4 is 11.8 Å². The van der Waals surface area contributed by atoms with Gasteiger partial charge in [-0.2, -0.15) is 0 Å². The Morgan fingerprint density at radius 3 is 1.46 bits per heavy atom. The van der Waals surface area contributed by atoms with Gasteiger partial charge in [-0.3, -0.25) is 9.59 Å². The SMILES string of the molecule is CC(C)N(Cc1ccccc1)C(=O)C(C)(C)C.CN(C)C(=O)C(c1ccccc1)c1ccccc1. The molecule has 0 saturated heterocycles. The summed E-state index contributed by atoms with van der Waals surface area (Å²) in [6.45, 7) is 10.7. The van der Waals surface area contributed by atoms with Crippen molar-refractivity contribution in [2.24, 2.45) is 5.41 Å². The van der Waals surface area contributed by atoms with Gasteiger partial charge >= 0.3 is 0 Å². The van der Waals surface area contributed by atoms with Gasteiger partial charge in [-0.05, 0) is 30.5 Å². The van der Waals surface area contributed by atoms with Crippen LogP contribution in [0.15, 0.2) is 91.0 Å². The molecule has 4 nitrogen and oxygen atoms in total. The van der Waals surface area contributed by atoms with Crippen molar-refractivity contribution in [1.29, 1.82) is 0 Å². The highest BCUT2D eigenvalue weighted by atomic mass is 16.2. The van der Waals surface area contributed by atoms with E-state index in [4.69, 9.17) is 0 Å². The highest BCUT2D eigenvalue weighted by molar-refractivity contribution is 5.86. The van der Waals surface area contributed by atoms with Gasteiger partial charge in [-0.1, -0.05) is 112 Å². The Kier molecular flexibility index (Phi) is 10.3. The predicted octanol–water partition coefficient (Wildman–Crippen LogP) is 6.38. The van der Waals surface area contributed by atoms with Gasteiger partial charge < -0.3 is 9.80 Å². The third-order valence-corrected chi connectivity index (χ3v) is 5.68. The number of rotatable bonds is 6. The fourth-order valence-electron chi connectivity index (χ4n) is 3.73. The van der Waals surface area contributed by atoms with Gasteiger partial charge in [-0.15, -0.1) is 0 Å². The molecule has 0 aliphatic heterocycles. The van der Waals surface area contributed by atoms with Gasteiger partial charge in [0.1, 0.15) is 0 Å². The standard InChI is InChI=1S/C16H17NO.C15H23NO/c1-17(2)16(18)15(13-9-5-3-6-10-13)14-11-7-4-8-12-14;1-12(2)16(14(17)15(3,4)5)11-13-9-7-6-8-10-13/h3-12,15H,1-2H3;6-10,12H,11H2,1-5H3. The molecule has 0 spiro atoms. The smallest absolute Gasteiger partial charge is 0.234 e. The average Bonchev–Trinajstić information content (AvgIpc) is 2.84. The first-order valence-corrected chi connectivity index (χ1v) is 12.2. The number of hydrogen-bond acceptors (Lipinski definition) is 2. The fraction of sp³-hybridized carbons (Fsp3) is 0.355. The summed E-state index contributed by atoms with van der Waals surface area (Å²) in [6, 6.07) is 30.1. The van der Waals surface area contributed by atoms with E-state index in [2.05, 4.69) is 26.0 Å². The number of amides is 2. The lowest BCUT2D eigenvalue weighted by atomic mass is 9.90. The number of benzene rings is 3. The van der Waals surface area contributed by atoms with Crippen molar-refractivity contribution in [2.45, 2.75) is 53.1 Å². The third kappa shape index (κ3) is 8.40. The fourth-order valence-corrected chi connectivity index (χ4v) is 3.73. The Balaban J connectivity index is 0.000000247. The van der Waals surface area contributed by atoms with Crippen molar-refractivity contribution in [3.63, 3.8) is 0 Å². The van der Waals surface area contributed by atoms with Gasteiger partial charge in [0.05, 0.1) is 5.92 Å². The molecular weight excluding hydrogens is 432 g/mol. The Morgan fingerprint density at radius 2 is 1.11 bits per heavy atom. The van der Waals surface area contributed by atoms with Crippen LogP contribution in [0.5, 0.6) is 0 Å². The van der Waals surface area contributed by atoms with Crippen LogP contribution in [0, 0.1) is 5.41 Å². The second kappa shape index (κ2) is 12.9. The van der Waals surface area contributed by atoms with Crippen LogP contribution in [0.25, 0.3) is 0 Å². The van der Waals surface area contributed by atoms with E-state index >= 15 is 0 Å². The van der Waals surface area contributed by atoms with Crippen molar-refractivity contribution in [2.75, 3.05) is 14.1 Å². The second-order valence-electron chi connectivity index (χ2n) is 10.2. The molecule has 0 aliphatic rings. The van der Waals surface area contributed by atoms with E-state index in [1.807, 2.05) is 105 Å². The normalized spacial score (nSPS) is 11.0. The molecule has 0 aliphatic carbocycles. The Morgan fingerprint density at radius 1 is 0.714 bits per heavy atom. The minimum Gasteiger partial charge on any atom is -0.348 e. The van der Waals surface area contributed by atoms with E-state index in [1.54, 1.807) is 19.0 Å². The van der Waals surface area contributed by atoms with E-state index < -0.39 is 0 Å². The molecule has 3 rings (SSSR count). The number of carbonyl (C=O) groups excluding carboxylic acids is 2. The van der Waals surface area contributed by atoms with Gasteiger partial charge in [0.25, 0.3) is 0 Å². The summed E-state index contributed by atoms with van der Waals surface area (Å²) in [5.74, 6) is 0.0890. The molecule has 4 heteroatoms. The lowest BCUT2D eigenvalue weighted by molar-refractivity contribution is -0.142. The molecule has 0 radical (unpaired) electrons. The molecule has 0 atom stereocenters. The lowest BCUT2D eigenvalue weighted by Crippen LogP contribution is -2.43.